The number of nitrogen functional groups attached to an aromatic ring is 1. The lowest BCUT2D eigenvalue weighted by Gasteiger charge is -2.04. The predicted octanol–water partition coefficient (Wildman–Crippen LogP) is 2.30. The van der Waals surface area contributed by atoms with Crippen LogP contribution >= 0.6 is 0 Å². The molecule has 0 fully saturated rings. The van der Waals surface area contributed by atoms with Crippen molar-refractivity contribution in [3.05, 3.63) is 30.0 Å². The third kappa shape index (κ3) is 3.51. The fourth-order valence-electron chi connectivity index (χ4n) is 1.98. The van der Waals surface area contributed by atoms with Crippen LogP contribution in [0.1, 0.15) is 30.3 Å². The van der Waals surface area contributed by atoms with Crippen molar-refractivity contribution < 1.29 is 9.53 Å². The molecule has 0 saturated carbocycles. The van der Waals surface area contributed by atoms with Crippen molar-refractivity contribution in [3.8, 4) is 0 Å². The van der Waals surface area contributed by atoms with Gasteiger partial charge in [-0.25, -0.2) is 0 Å². The first-order chi connectivity index (χ1) is 9.72. The summed E-state index contributed by atoms with van der Waals surface area (Å²) in [7, 11) is 0. The van der Waals surface area contributed by atoms with Crippen LogP contribution in [0.3, 0.4) is 0 Å². The number of ether oxygens (including phenoxy) is 1. The van der Waals surface area contributed by atoms with E-state index in [-0.39, 0.29) is 5.91 Å². The number of nitrogens with one attached hydrogen (secondary N) is 2. The van der Waals surface area contributed by atoms with Crippen molar-refractivity contribution in [1.82, 2.24) is 10.3 Å². The molecule has 2 aromatic rings. The van der Waals surface area contributed by atoms with E-state index in [1.54, 1.807) is 6.07 Å². The largest absolute Gasteiger partial charge is 0.397 e. The number of fused-ring (bicyclic) bond motifs is 1. The number of benzene rings is 1. The third-order valence-electron chi connectivity index (χ3n) is 3.11. The summed E-state index contributed by atoms with van der Waals surface area (Å²) in [6, 6.07) is 7.41. The smallest absolute Gasteiger partial charge is 0.267 e. The lowest BCUT2D eigenvalue weighted by atomic mass is 10.2. The lowest BCUT2D eigenvalue weighted by molar-refractivity contribution is 0.0909. The Morgan fingerprint density at radius 1 is 1.40 bits per heavy atom. The van der Waals surface area contributed by atoms with Gasteiger partial charge in [0.15, 0.2) is 0 Å². The highest BCUT2D eigenvalue weighted by atomic mass is 16.5. The van der Waals surface area contributed by atoms with E-state index in [9.17, 15) is 4.79 Å². The summed E-state index contributed by atoms with van der Waals surface area (Å²) in [5.74, 6) is -0.139. The normalized spacial score (nSPS) is 10.8. The number of carbonyl (C=O) groups excluding carboxylic acids is 1. The Morgan fingerprint density at radius 3 is 3.00 bits per heavy atom. The monoisotopic (exact) mass is 275 g/mol. The van der Waals surface area contributed by atoms with Crippen LogP contribution in [0.5, 0.6) is 0 Å². The van der Waals surface area contributed by atoms with E-state index in [1.807, 2.05) is 18.2 Å². The first-order valence-electron chi connectivity index (χ1n) is 6.95. The Kier molecular flexibility index (Phi) is 5.01. The molecule has 5 nitrogen and oxygen atoms in total. The summed E-state index contributed by atoms with van der Waals surface area (Å²) < 4.78 is 5.39. The van der Waals surface area contributed by atoms with Crippen LogP contribution in [0, 0.1) is 0 Å². The molecule has 0 radical (unpaired) electrons. The second kappa shape index (κ2) is 6.96. The van der Waals surface area contributed by atoms with Gasteiger partial charge in [0.2, 0.25) is 0 Å². The Morgan fingerprint density at radius 2 is 2.25 bits per heavy atom. The molecule has 1 aromatic carbocycles. The minimum absolute atomic E-state index is 0.139. The van der Waals surface area contributed by atoms with Gasteiger partial charge in [0.1, 0.15) is 5.69 Å². The summed E-state index contributed by atoms with van der Waals surface area (Å²) in [4.78, 5) is 15.0. The Balaban J connectivity index is 1.86. The average molecular weight is 275 g/mol. The van der Waals surface area contributed by atoms with Gasteiger partial charge in [-0.2, -0.15) is 0 Å². The standard InChI is InChI=1S/C15H21N3O2/c1-2-3-8-20-9-7-17-15(19)13-10-11-5-4-6-12(16)14(11)18-13/h4-6,10,18H,2-3,7-9,16H2,1H3,(H,17,19). The third-order valence-corrected chi connectivity index (χ3v) is 3.11. The SMILES string of the molecule is CCCCOCCNC(=O)c1cc2cccc(N)c2[nH]1. The van der Waals surface area contributed by atoms with Crippen molar-refractivity contribution in [2.75, 3.05) is 25.5 Å². The van der Waals surface area contributed by atoms with Crippen LogP contribution < -0.4 is 11.1 Å². The van der Waals surface area contributed by atoms with Crippen LogP contribution in [-0.2, 0) is 4.74 Å². The summed E-state index contributed by atoms with van der Waals surface area (Å²) in [6.45, 7) is 3.91. The van der Waals surface area contributed by atoms with Crippen LogP contribution in [0.15, 0.2) is 24.3 Å². The van der Waals surface area contributed by atoms with E-state index in [4.69, 9.17) is 10.5 Å². The quantitative estimate of drug-likeness (QED) is 0.536. The van der Waals surface area contributed by atoms with E-state index in [2.05, 4.69) is 17.2 Å². The molecule has 0 aliphatic heterocycles. The van der Waals surface area contributed by atoms with Crippen molar-refractivity contribution in [2.24, 2.45) is 0 Å². The van der Waals surface area contributed by atoms with Crippen LogP contribution in [-0.4, -0.2) is 30.6 Å². The van der Waals surface area contributed by atoms with Gasteiger partial charge in [-0.1, -0.05) is 25.5 Å². The minimum Gasteiger partial charge on any atom is -0.397 e. The summed E-state index contributed by atoms with van der Waals surface area (Å²) in [5.41, 5.74) is 7.82. The number of rotatable bonds is 7. The van der Waals surface area contributed by atoms with Crippen molar-refractivity contribution >= 4 is 22.5 Å². The highest BCUT2D eigenvalue weighted by Gasteiger charge is 2.09. The number of nitrogens with two attached hydrogens (primary N) is 1. The van der Waals surface area contributed by atoms with Gasteiger partial charge in [0.05, 0.1) is 17.8 Å². The predicted molar refractivity (Wildman–Crippen MR) is 80.8 cm³/mol. The van der Waals surface area contributed by atoms with Gasteiger partial charge >= 0.3 is 0 Å². The summed E-state index contributed by atoms with van der Waals surface area (Å²) >= 11 is 0. The number of unbranched alkanes of at least 4 members (excludes halogenated alkanes) is 1. The summed E-state index contributed by atoms with van der Waals surface area (Å²) in [5, 5.41) is 3.76. The van der Waals surface area contributed by atoms with Gasteiger partial charge in [-0.3, -0.25) is 4.79 Å². The van der Waals surface area contributed by atoms with E-state index >= 15 is 0 Å². The molecule has 5 heteroatoms. The molecular formula is C15H21N3O2. The number of hydrogen-bond donors (Lipinski definition) is 3. The van der Waals surface area contributed by atoms with E-state index < -0.39 is 0 Å². The number of carbonyl (C=O) groups is 1. The van der Waals surface area contributed by atoms with E-state index in [0.29, 0.717) is 24.5 Å². The van der Waals surface area contributed by atoms with Crippen LogP contribution in [0.4, 0.5) is 5.69 Å². The highest BCUT2D eigenvalue weighted by molar-refractivity contribution is 6.00. The Hall–Kier alpha value is -2.01. The molecule has 0 saturated heterocycles. The molecule has 0 spiro atoms. The minimum atomic E-state index is -0.139. The lowest BCUT2D eigenvalue weighted by Crippen LogP contribution is -2.27. The number of aromatic nitrogens is 1. The molecular weight excluding hydrogens is 254 g/mol. The maximum atomic E-state index is 12.0. The van der Waals surface area contributed by atoms with Gasteiger partial charge in [-0.15, -0.1) is 0 Å². The van der Waals surface area contributed by atoms with Crippen molar-refractivity contribution in [2.45, 2.75) is 19.8 Å². The molecule has 108 valence electrons. The molecule has 4 N–H and O–H groups in total. The van der Waals surface area contributed by atoms with Crippen LogP contribution in [0.2, 0.25) is 0 Å². The van der Waals surface area contributed by atoms with Gasteiger partial charge < -0.3 is 20.8 Å². The molecule has 1 aromatic heterocycles. The van der Waals surface area contributed by atoms with E-state index in [0.717, 1.165) is 30.4 Å². The maximum absolute atomic E-state index is 12.0. The zero-order valence-electron chi connectivity index (χ0n) is 11.7. The van der Waals surface area contributed by atoms with Crippen LogP contribution in [0.25, 0.3) is 10.9 Å². The fraction of sp³-hybridized carbons (Fsp3) is 0.400. The maximum Gasteiger partial charge on any atom is 0.267 e. The Labute approximate surface area is 118 Å². The molecule has 2 rings (SSSR count). The first kappa shape index (κ1) is 14.4. The number of hydrogen-bond acceptors (Lipinski definition) is 3. The highest BCUT2D eigenvalue weighted by Crippen LogP contribution is 2.20. The molecule has 0 atom stereocenters. The number of para-hydroxylation sites is 1. The molecule has 0 aliphatic rings. The van der Waals surface area contributed by atoms with Gasteiger partial charge in [-0.05, 0) is 18.6 Å². The number of anilines is 1. The Bertz CT molecular complexity index is 578. The molecule has 0 aliphatic carbocycles. The zero-order chi connectivity index (χ0) is 14.4. The zero-order valence-corrected chi connectivity index (χ0v) is 11.7. The van der Waals surface area contributed by atoms with Crippen molar-refractivity contribution in [3.63, 3.8) is 0 Å². The van der Waals surface area contributed by atoms with E-state index in [1.165, 1.54) is 0 Å². The number of amides is 1. The summed E-state index contributed by atoms with van der Waals surface area (Å²) in [6.07, 6.45) is 2.16. The van der Waals surface area contributed by atoms with Gasteiger partial charge in [0.25, 0.3) is 5.91 Å². The second-order valence-corrected chi connectivity index (χ2v) is 4.72. The topological polar surface area (TPSA) is 80.1 Å². The molecule has 0 unspecified atom stereocenters. The van der Waals surface area contributed by atoms with Crippen molar-refractivity contribution in [1.29, 1.82) is 0 Å². The second-order valence-electron chi connectivity index (χ2n) is 4.72. The van der Waals surface area contributed by atoms with Gasteiger partial charge in [0, 0.05) is 18.5 Å². The number of aromatic amines is 1. The number of H-pyrrole nitrogens is 1. The molecule has 1 heterocycles. The fourth-order valence-corrected chi connectivity index (χ4v) is 1.98. The molecule has 0 bridgehead atoms. The molecule has 1 amide bonds. The first-order valence-corrected chi connectivity index (χ1v) is 6.95. The average Bonchev–Trinajstić information content (AvgIpc) is 2.88. The molecule has 20 heavy (non-hydrogen) atoms.